The van der Waals surface area contributed by atoms with Gasteiger partial charge in [-0.3, -0.25) is 14.4 Å². The van der Waals surface area contributed by atoms with Crippen molar-refractivity contribution in [3.63, 3.8) is 0 Å². The van der Waals surface area contributed by atoms with Crippen molar-refractivity contribution in [3.05, 3.63) is 72.2 Å². The van der Waals surface area contributed by atoms with E-state index in [0.717, 1.165) is 5.56 Å². The molecule has 1 aromatic heterocycles. The summed E-state index contributed by atoms with van der Waals surface area (Å²) in [5.41, 5.74) is 7.26. The molecule has 0 aliphatic carbocycles. The maximum atomic E-state index is 13.0. The largest absolute Gasteiger partial charge is 0.441 e. The van der Waals surface area contributed by atoms with E-state index in [1.807, 2.05) is 30.3 Å². The first-order valence-electron chi connectivity index (χ1n) is 11.5. The molecular formula is C26H28N4O4. The molecule has 3 aromatic rings. The van der Waals surface area contributed by atoms with Crippen LogP contribution in [-0.4, -0.2) is 40.7 Å². The molecule has 0 spiro atoms. The molecule has 1 saturated heterocycles. The van der Waals surface area contributed by atoms with Gasteiger partial charge in [-0.05, 0) is 31.4 Å². The van der Waals surface area contributed by atoms with Gasteiger partial charge in [-0.15, -0.1) is 0 Å². The smallest absolute Gasteiger partial charge is 0.255 e. The number of hydrogen-bond donors (Lipinski definition) is 2. The number of aryl methyl sites for hydroxylation is 1. The van der Waals surface area contributed by atoms with Gasteiger partial charge in [0.25, 0.3) is 5.91 Å². The van der Waals surface area contributed by atoms with Crippen LogP contribution in [0.25, 0.3) is 11.3 Å². The molecule has 3 amide bonds. The third-order valence-electron chi connectivity index (χ3n) is 6.02. The Morgan fingerprint density at radius 3 is 2.47 bits per heavy atom. The van der Waals surface area contributed by atoms with Gasteiger partial charge in [0.2, 0.25) is 11.8 Å². The number of para-hydroxylation sites is 1. The Labute approximate surface area is 198 Å². The predicted molar refractivity (Wildman–Crippen MR) is 128 cm³/mol. The summed E-state index contributed by atoms with van der Waals surface area (Å²) in [6.07, 6.45) is 4.19. The Morgan fingerprint density at radius 1 is 1.03 bits per heavy atom. The first kappa shape index (κ1) is 23.2. The van der Waals surface area contributed by atoms with Crippen LogP contribution in [0.4, 0.5) is 5.69 Å². The highest BCUT2D eigenvalue weighted by atomic mass is 16.4. The van der Waals surface area contributed by atoms with Crippen molar-refractivity contribution >= 4 is 23.4 Å². The fourth-order valence-electron chi connectivity index (χ4n) is 4.09. The molecule has 4 rings (SSSR count). The van der Waals surface area contributed by atoms with Crippen LogP contribution < -0.4 is 11.1 Å². The van der Waals surface area contributed by atoms with Crippen molar-refractivity contribution in [1.82, 2.24) is 9.88 Å². The summed E-state index contributed by atoms with van der Waals surface area (Å²) < 4.78 is 5.79. The lowest BCUT2D eigenvalue weighted by atomic mass is 9.95. The van der Waals surface area contributed by atoms with Crippen LogP contribution in [0.3, 0.4) is 0 Å². The summed E-state index contributed by atoms with van der Waals surface area (Å²) in [5.74, 6) is 0.441. The molecule has 0 atom stereocenters. The molecule has 8 heteroatoms. The first-order chi connectivity index (χ1) is 16.5. The van der Waals surface area contributed by atoms with Gasteiger partial charge >= 0.3 is 0 Å². The van der Waals surface area contributed by atoms with Crippen molar-refractivity contribution < 1.29 is 18.8 Å². The van der Waals surface area contributed by atoms with E-state index in [2.05, 4.69) is 10.3 Å². The quantitative estimate of drug-likeness (QED) is 0.532. The van der Waals surface area contributed by atoms with Crippen LogP contribution in [0.5, 0.6) is 0 Å². The van der Waals surface area contributed by atoms with Gasteiger partial charge in [0.05, 0.1) is 17.4 Å². The van der Waals surface area contributed by atoms with Gasteiger partial charge in [0, 0.05) is 37.4 Å². The number of likely N-dealkylation sites (tertiary alicyclic amines) is 1. The molecule has 1 fully saturated rings. The molecule has 0 bridgehead atoms. The lowest BCUT2D eigenvalue weighted by molar-refractivity contribution is -0.123. The van der Waals surface area contributed by atoms with E-state index in [-0.39, 0.29) is 30.1 Å². The predicted octanol–water partition coefficient (Wildman–Crippen LogP) is 3.64. The highest BCUT2D eigenvalue weighted by Gasteiger charge is 2.27. The Balaban J connectivity index is 1.30. The van der Waals surface area contributed by atoms with E-state index >= 15 is 0 Å². The molecule has 0 radical (unpaired) electrons. The topological polar surface area (TPSA) is 119 Å². The van der Waals surface area contributed by atoms with Crippen molar-refractivity contribution in [1.29, 1.82) is 0 Å². The number of anilines is 1. The second kappa shape index (κ2) is 10.8. The van der Waals surface area contributed by atoms with Crippen molar-refractivity contribution in [2.45, 2.75) is 32.1 Å². The Hall–Kier alpha value is -3.94. The number of carbonyl (C=O) groups excluding carboxylic acids is 3. The van der Waals surface area contributed by atoms with Gasteiger partial charge < -0.3 is 20.4 Å². The van der Waals surface area contributed by atoms with Crippen LogP contribution in [0.1, 0.15) is 41.9 Å². The van der Waals surface area contributed by atoms with Crippen molar-refractivity contribution in [3.8, 4) is 11.3 Å². The first-order valence-corrected chi connectivity index (χ1v) is 11.5. The molecule has 34 heavy (non-hydrogen) atoms. The summed E-state index contributed by atoms with van der Waals surface area (Å²) in [6, 6.07) is 16.7. The van der Waals surface area contributed by atoms with E-state index < -0.39 is 0 Å². The van der Waals surface area contributed by atoms with Crippen molar-refractivity contribution in [2.24, 2.45) is 11.7 Å². The average Bonchev–Trinajstić information content (AvgIpc) is 3.33. The summed E-state index contributed by atoms with van der Waals surface area (Å²) in [5, 5.41) is 2.86. The Kier molecular flexibility index (Phi) is 7.37. The van der Waals surface area contributed by atoms with Crippen LogP contribution in [-0.2, 0) is 16.0 Å². The molecule has 0 saturated carbocycles. The van der Waals surface area contributed by atoms with E-state index in [1.54, 1.807) is 35.4 Å². The average molecular weight is 461 g/mol. The molecule has 176 valence electrons. The van der Waals surface area contributed by atoms with Gasteiger partial charge in [0.1, 0.15) is 0 Å². The second-order valence-corrected chi connectivity index (χ2v) is 8.40. The number of benzene rings is 2. The molecular weight excluding hydrogens is 432 g/mol. The summed E-state index contributed by atoms with van der Waals surface area (Å²) in [7, 11) is 0. The highest BCUT2D eigenvalue weighted by molar-refractivity contribution is 6.03. The Morgan fingerprint density at radius 2 is 1.74 bits per heavy atom. The maximum absolute atomic E-state index is 13.0. The lowest BCUT2D eigenvalue weighted by Crippen LogP contribution is -2.42. The number of piperidine rings is 1. The fraction of sp³-hybridized carbons (Fsp3) is 0.308. The molecule has 2 heterocycles. The fourth-order valence-corrected chi connectivity index (χ4v) is 4.09. The number of oxazole rings is 1. The summed E-state index contributed by atoms with van der Waals surface area (Å²) >= 11 is 0. The zero-order valence-electron chi connectivity index (χ0n) is 18.9. The summed E-state index contributed by atoms with van der Waals surface area (Å²) in [4.78, 5) is 43.0. The van der Waals surface area contributed by atoms with Crippen LogP contribution in [0, 0.1) is 5.92 Å². The number of hydrogen-bond acceptors (Lipinski definition) is 5. The number of aromatic nitrogens is 1. The molecule has 3 N–H and O–H groups in total. The van der Waals surface area contributed by atoms with E-state index in [9.17, 15) is 14.4 Å². The minimum atomic E-state index is -0.319. The van der Waals surface area contributed by atoms with Gasteiger partial charge in [0.15, 0.2) is 11.7 Å². The van der Waals surface area contributed by atoms with Gasteiger partial charge in [-0.25, -0.2) is 4.98 Å². The summed E-state index contributed by atoms with van der Waals surface area (Å²) in [6.45, 7) is 0.936. The standard InChI is InChI=1S/C26H28N4O4/c27-25(32)19-13-15-30(16-14-19)26(33)20-9-4-5-10-21(20)29-23(31)11-6-12-24-28-17-22(34-24)18-7-2-1-3-8-18/h1-5,7-10,17,19H,6,11-16H2,(H2,27,32)(H,29,31). The number of amides is 3. The normalized spacial score (nSPS) is 14.1. The number of nitrogens with zero attached hydrogens (tertiary/aromatic N) is 2. The lowest BCUT2D eigenvalue weighted by Gasteiger charge is -2.31. The number of carbonyl (C=O) groups is 3. The molecule has 8 nitrogen and oxygen atoms in total. The van der Waals surface area contributed by atoms with Crippen LogP contribution in [0.15, 0.2) is 65.2 Å². The van der Waals surface area contributed by atoms with Crippen LogP contribution >= 0.6 is 0 Å². The zero-order chi connectivity index (χ0) is 23.9. The molecule has 2 aromatic carbocycles. The third kappa shape index (κ3) is 5.70. The van der Waals surface area contributed by atoms with Crippen LogP contribution in [0.2, 0.25) is 0 Å². The number of nitrogens with two attached hydrogens (primary N) is 1. The van der Waals surface area contributed by atoms with E-state index in [1.165, 1.54) is 0 Å². The SMILES string of the molecule is NC(=O)C1CCN(C(=O)c2ccccc2NC(=O)CCCc2ncc(-c3ccccc3)o2)CC1. The minimum absolute atomic E-state index is 0.160. The number of primary amides is 1. The number of nitrogens with one attached hydrogen (secondary N) is 1. The molecule has 1 aliphatic heterocycles. The highest BCUT2D eigenvalue weighted by Crippen LogP contribution is 2.23. The second-order valence-electron chi connectivity index (χ2n) is 8.40. The van der Waals surface area contributed by atoms with E-state index in [4.69, 9.17) is 10.2 Å². The monoisotopic (exact) mass is 460 g/mol. The Bertz CT molecular complexity index is 1150. The van der Waals surface area contributed by atoms with Gasteiger partial charge in [-0.2, -0.15) is 0 Å². The van der Waals surface area contributed by atoms with Crippen molar-refractivity contribution in [2.75, 3.05) is 18.4 Å². The zero-order valence-corrected chi connectivity index (χ0v) is 18.9. The molecule has 1 aliphatic rings. The number of rotatable bonds is 8. The van der Waals surface area contributed by atoms with Gasteiger partial charge in [-0.1, -0.05) is 42.5 Å². The van der Waals surface area contributed by atoms with E-state index in [0.29, 0.717) is 61.7 Å². The third-order valence-corrected chi connectivity index (χ3v) is 6.02. The maximum Gasteiger partial charge on any atom is 0.255 e. The minimum Gasteiger partial charge on any atom is -0.441 e. The molecule has 0 unspecified atom stereocenters.